The third-order valence-corrected chi connectivity index (χ3v) is 4.48. The number of fused-ring (bicyclic) bond motifs is 2. The van der Waals surface area contributed by atoms with Crippen LogP contribution in [0.2, 0.25) is 0 Å². The van der Waals surface area contributed by atoms with Gasteiger partial charge in [0.05, 0.1) is 23.9 Å². The van der Waals surface area contributed by atoms with Gasteiger partial charge in [0.25, 0.3) is 0 Å². The summed E-state index contributed by atoms with van der Waals surface area (Å²) >= 11 is 0. The normalized spacial score (nSPS) is 11.4. The van der Waals surface area contributed by atoms with Gasteiger partial charge in [-0.25, -0.2) is 14.4 Å². The molecule has 28 heavy (non-hydrogen) atoms. The molecule has 5 aromatic rings. The van der Waals surface area contributed by atoms with Gasteiger partial charge in [0.15, 0.2) is 5.65 Å². The van der Waals surface area contributed by atoms with Gasteiger partial charge in [0.2, 0.25) is 5.95 Å². The van der Waals surface area contributed by atoms with Crippen LogP contribution in [0.25, 0.3) is 39.1 Å². The zero-order chi connectivity index (χ0) is 19.3. The van der Waals surface area contributed by atoms with Crippen molar-refractivity contribution >= 4 is 22.6 Å². The quantitative estimate of drug-likeness (QED) is 0.496. The van der Waals surface area contributed by atoms with Crippen LogP contribution >= 0.6 is 0 Å². The number of ether oxygens (including phenoxy) is 1. The van der Waals surface area contributed by atoms with E-state index in [-0.39, 0.29) is 5.95 Å². The second kappa shape index (κ2) is 5.98. The summed E-state index contributed by atoms with van der Waals surface area (Å²) in [6.07, 6.45) is 1.40. The number of rotatable bonds is 3. The van der Waals surface area contributed by atoms with Crippen molar-refractivity contribution in [1.29, 1.82) is 0 Å². The lowest BCUT2D eigenvalue weighted by Gasteiger charge is -2.14. The van der Waals surface area contributed by atoms with E-state index in [1.165, 1.54) is 30.1 Å². The van der Waals surface area contributed by atoms with Gasteiger partial charge in [-0.3, -0.25) is 5.10 Å². The molecule has 3 heterocycles. The van der Waals surface area contributed by atoms with Crippen LogP contribution in [-0.2, 0) is 0 Å². The van der Waals surface area contributed by atoms with Crippen LogP contribution in [0.1, 0.15) is 0 Å². The number of hydrogen-bond donors (Lipinski definition) is 2. The Labute approximate surface area is 157 Å². The number of benzene rings is 2. The number of aromatic nitrogens is 7. The van der Waals surface area contributed by atoms with E-state index in [0.29, 0.717) is 28.2 Å². The van der Waals surface area contributed by atoms with Crippen molar-refractivity contribution in [2.75, 3.05) is 12.8 Å². The fraction of sp³-hybridized carbons (Fsp3) is 0.0556. The summed E-state index contributed by atoms with van der Waals surface area (Å²) < 4.78 is 20.5. The molecule has 3 aromatic heterocycles. The van der Waals surface area contributed by atoms with E-state index in [0.717, 1.165) is 16.6 Å². The predicted molar refractivity (Wildman–Crippen MR) is 100 cm³/mol. The molecule has 0 atom stereocenters. The van der Waals surface area contributed by atoms with E-state index in [9.17, 15) is 4.39 Å². The Bertz CT molecular complexity index is 1340. The van der Waals surface area contributed by atoms with Crippen molar-refractivity contribution in [1.82, 2.24) is 35.0 Å². The largest absolute Gasteiger partial charge is 0.496 e. The number of nitrogens with one attached hydrogen (secondary N) is 1. The van der Waals surface area contributed by atoms with Crippen molar-refractivity contribution in [3.05, 3.63) is 48.5 Å². The SMILES string of the molecule is COc1cc(F)ccc1-c1nc(N)n2ncnc2c1-c1ccc2nn[nH]c2c1. The highest BCUT2D eigenvalue weighted by atomic mass is 19.1. The number of nitrogens with zero attached hydrogens (tertiary/aromatic N) is 6. The summed E-state index contributed by atoms with van der Waals surface area (Å²) in [6.45, 7) is 0. The number of methoxy groups -OCH3 is 1. The molecule has 0 aliphatic rings. The first-order chi connectivity index (χ1) is 13.7. The first-order valence-corrected chi connectivity index (χ1v) is 8.30. The maximum absolute atomic E-state index is 13.7. The summed E-state index contributed by atoms with van der Waals surface area (Å²) in [4.78, 5) is 8.88. The molecule has 0 aliphatic heterocycles. The minimum absolute atomic E-state index is 0.155. The Hall–Kier alpha value is -4.08. The predicted octanol–water partition coefficient (Wildman–Crippen LogP) is 2.46. The molecular weight excluding hydrogens is 363 g/mol. The molecule has 0 saturated heterocycles. The maximum atomic E-state index is 13.7. The molecule has 0 fully saturated rings. The lowest BCUT2D eigenvalue weighted by atomic mass is 9.99. The Morgan fingerprint density at radius 3 is 2.93 bits per heavy atom. The molecular formula is C18H13FN8O. The molecule has 0 amide bonds. The van der Waals surface area contributed by atoms with Crippen LogP contribution in [-0.4, -0.2) is 42.1 Å². The molecule has 10 heteroatoms. The molecule has 0 aliphatic carbocycles. The molecule has 5 rings (SSSR count). The third-order valence-electron chi connectivity index (χ3n) is 4.48. The molecule has 0 radical (unpaired) electrons. The zero-order valence-corrected chi connectivity index (χ0v) is 14.6. The van der Waals surface area contributed by atoms with Crippen LogP contribution in [0, 0.1) is 5.82 Å². The van der Waals surface area contributed by atoms with Crippen molar-refractivity contribution < 1.29 is 9.13 Å². The Morgan fingerprint density at radius 2 is 2.07 bits per heavy atom. The van der Waals surface area contributed by atoms with Crippen LogP contribution in [0.3, 0.4) is 0 Å². The van der Waals surface area contributed by atoms with Crippen molar-refractivity contribution in [2.24, 2.45) is 0 Å². The maximum Gasteiger partial charge on any atom is 0.223 e. The van der Waals surface area contributed by atoms with E-state index in [1.807, 2.05) is 18.2 Å². The molecule has 138 valence electrons. The molecule has 2 aromatic carbocycles. The van der Waals surface area contributed by atoms with Gasteiger partial charge in [-0.2, -0.15) is 9.61 Å². The first kappa shape index (κ1) is 16.1. The van der Waals surface area contributed by atoms with Crippen LogP contribution < -0.4 is 10.5 Å². The van der Waals surface area contributed by atoms with Gasteiger partial charge in [-0.15, -0.1) is 5.10 Å². The van der Waals surface area contributed by atoms with Crippen molar-refractivity contribution in [3.8, 4) is 28.1 Å². The van der Waals surface area contributed by atoms with Gasteiger partial charge < -0.3 is 10.5 Å². The van der Waals surface area contributed by atoms with Gasteiger partial charge >= 0.3 is 0 Å². The number of hydrogen-bond acceptors (Lipinski definition) is 7. The Morgan fingerprint density at radius 1 is 1.18 bits per heavy atom. The standard InChI is InChI=1S/C18H13FN8O/c1-28-14-7-10(19)3-4-11(14)16-15(17-21-8-22-27(17)18(20)23-16)9-2-5-12-13(6-9)25-26-24-12/h2-8H,1H3,(H2,20,23)(H,24,25,26). The number of anilines is 1. The highest BCUT2D eigenvalue weighted by Crippen LogP contribution is 2.39. The van der Waals surface area contributed by atoms with Crippen LogP contribution in [0.4, 0.5) is 10.3 Å². The molecule has 0 bridgehead atoms. The summed E-state index contributed by atoms with van der Waals surface area (Å²) in [5, 5.41) is 14.8. The lowest BCUT2D eigenvalue weighted by Crippen LogP contribution is -2.06. The average Bonchev–Trinajstić information content (AvgIpc) is 3.37. The summed E-state index contributed by atoms with van der Waals surface area (Å²) in [5.41, 5.74) is 10.6. The Balaban J connectivity index is 1.88. The fourth-order valence-electron chi connectivity index (χ4n) is 3.23. The fourth-order valence-corrected chi connectivity index (χ4v) is 3.23. The second-order valence-corrected chi connectivity index (χ2v) is 6.08. The van der Waals surface area contributed by atoms with Gasteiger partial charge in [-0.05, 0) is 29.8 Å². The second-order valence-electron chi connectivity index (χ2n) is 6.08. The van der Waals surface area contributed by atoms with Gasteiger partial charge in [-0.1, -0.05) is 11.3 Å². The number of aromatic amines is 1. The van der Waals surface area contributed by atoms with E-state index >= 15 is 0 Å². The minimum atomic E-state index is -0.413. The summed E-state index contributed by atoms with van der Waals surface area (Å²) in [6, 6.07) is 9.84. The van der Waals surface area contributed by atoms with Crippen LogP contribution in [0.15, 0.2) is 42.7 Å². The lowest BCUT2D eigenvalue weighted by molar-refractivity contribution is 0.413. The van der Waals surface area contributed by atoms with E-state index < -0.39 is 5.82 Å². The van der Waals surface area contributed by atoms with Gasteiger partial charge in [0.1, 0.15) is 23.4 Å². The molecule has 0 spiro atoms. The smallest absolute Gasteiger partial charge is 0.223 e. The van der Waals surface area contributed by atoms with E-state index in [1.54, 1.807) is 6.07 Å². The Kier molecular flexibility index (Phi) is 3.44. The first-order valence-electron chi connectivity index (χ1n) is 8.30. The topological polar surface area (TPSA) is 120 Å². The summed E-state index contributed by atoms with van der Waals surface area (Å²) in [7, 11) is 1.47. The number of nitrogens with two attached hydrogens (primary N) is 1. The van der Waals surface area contributed by atoms with Crippen molar-refractivity contribution in [2.45, 2.75) is 0 Å². The molecule has 3 N–H and O–H groups in total. The van der Waals surface area contributed by atoms with Crippen molar-refractivity contribution in [3.63, 3.8) is 0 Å². The number of halogens is 1. The molecule has 0 saturated carbocycles. The highest BCUT2D eigenvalue weighted by Gasteiger charge is 2.21. The highest BCUT2D eigenvalue weighted by molar-refractivity contribution is 5.94. The molecule has 0 unspecified atom stereocenters. The average molecular weight is 376 g/mol. The van der Waals surface area contributed by atoms with Crippen LogP contribution in [0.5, 0.6) is 5.75 Å². The summed E-state index contributed by atoms with van der Waals surface area (Å²) in [5.74, 6) is 0.0758. The number of H-pyrrole nitrogens is 1. The van der Waals surface area contributed by atoms with E-state index in [4.69, 9.17) is 10.5 Å². The monoisotopic (exact) mass is 376 g/mol. The molecule has 9 nitrogen and oxygen atoms in total. The number of nitrogen functional groups attached to an aromatic ring is 1. The third kappa shape index (κ3) is 2.35. The van der Waals surface area contributed by atoms with Gasteiger partial charge in [0, 0.05) is 11.6 Å². The minimum Gasteiger partial charge on any atom is -0.496 e. The zero-order valence-electron chi connectivity index (χ0n) is 14.6. The van der Waals surface area contributed by atoms with E-state index in [2.05, 4.69) is 30.5 Å².